The highest BCUT2D eigenvalue weighted by Gasteiger charge is 2.23. The van der Waals surface area contributed by atoms with E-state index in [4.69, 9.17) is 5.11 Å². The minimum atomic E-state index is -0.792. The highest BCUT2D eigenvalue weighted by Crippen LogP contribution is 2.35. The third kappa shape index (κ3) is 1.76. The summed E-state index contributed by atoms with van der Waals surface area (Å²) in [5, 5.41) is 16.3. The number of aliphatic carboxylic acids is 1. The van der Waals surface area contributed by atoms with E-state index in [9.17, 15) is 4.79 Å². The fourth-order valence-electron chi connectivity index (χ4n) is 1.66. The van der Waals surface area contributed by atoms with E-state index in [1.165, 1.54) is 19.3 Å². The molecule has 14 heavy (non-hydrogen) atoms. The van der Waals surface area contributed by atoms with E-state index in [0.29, 0.717) is 12.5 Å². The maximum absolute atomic E-state index is 10.4. The predicted molar refractivity (Wildman–Crippen MR) is 48.9 cm³/mol. The molecule has 1 N–H and O–H groups in total. The molecule has 1 fully saturated rings. The van der Waals surface area contributed by atoms with E-state index in [2.05, 4.69) is 10.3 Å². The van der Waals surface area contributed by atoms with Gasteiger partial charge in [-0.2, -0.15) is 0 Å². The van der Waals surface area contributed by atoms with Gasteiger partial charge in [0.1, 0.15) is 0 Å². The Kier molecular flexibility index (Phi) is 2.47. The van der Waals surface area contributed by atoms with Crippen molar-refractivity contribution < 1.29 is 9.90 Å². The lowest BCUT2D eigenvalue weighted by atomic mass is 9.83. The molecule has 0 amide bonds. The van der Waals surface area contributed by atoms with Gasteiger partial charge in [-0.3, -0.25) is 4.79 Å². The predicted octanol–water partition coefficient (Wildman–Crippen LogP) is 1.02. The summed E-state index contributed by atoms with van der Waals surface area (Å²) in [4.78, 5) is 10.4. The Hall–Kier alpha value is -1.39. The quantitative estimate of drug-likeness (QED) is 0.778. The molecule has 0 aromatic carbocycles. The Morgan fingerprint density at radius 3 is 3.00 bits per heavy atom. The normalized spacial score (nSPS) is 16.6. The van der Waals surface area contributed by atoms with Gasteiger partial charge >= 0.3 is 5.97 Å². The summed E-state index contributed by atoms with van der Waals surface area (Å²) in [6.45, 7) is 0.432. The molecule has 1 aliphatic rings. The van der Waals surface area contributed by atoms with Crippen LogP contribution in [0.2, 0.25) is 0 Å². The van der Waals surface area contributed by atoms with Crippen molar-refractivity contribution in [3.05, 3.63) is 11.9 Å². The summed E-state index contributed by atoms with van der Waals surface area (Å²) in [5.41, 5.74) is 1.09. The Balaban J connectivity index is 2.01. The van der Waals surface area contributed by atoms with Crippen LogP contribution in [0.3, 0.4) is 0 Å². The lowest BCUT2D eigenvalue weighted by molar-refractivity contribution is -0.137. The molecule has 1 aromatic rings. The monoisotopic (exact) mass is 195 g/mol. The molecule has 0 radical (unpaired) electrons. The minimum Gasteiger partial charge on any atom is -0.481 e. The molecule has 76 valence electrons. The van der Waals surface area contributed by atoms with Crippen LogP contribution < -0.4 is 0 Å². The largest absolute Gasteiger partial charge is 0.481 e. The number of carboxylic acid groups (broad SMARTS) is 1. The molecule has 0 atom stereocenters. The fraction of sp³-hybridized carbons (Fsp3) is 0.667. The zero-order valence-electron chi connectivity index (χ0n) is 7.89. The van der Waals surface area contributed by atoms with Crippen LogP contribution in [0.15, 0.2) is 6.20 Å². The number of carboxylic acids is 1. The first-order chi connectivity index (χ1) is 6.77. The van der Waals surface area contributed by atoms with Crippen LogP contribution in [0.5, 0.6) is 0 Å². The van der Waals surface area contributed by atoms with Gasteiger partial charge in [-0.25, -0.2) is 4.68 Å². The van der Waals surface area contributed by atoms with Gasteiger partial charge in [0, 0.05) is 5.92 Å². The number of rotatable bonds is 4. The average Bonchev–Trinajstić information content (AvgIpc) is 2.46. The lowest BCUT2D eigenvalue weighted by Gasteiger charge is -2.25. The summed E-state index contributed by atoms with van der Waals surface area (Å²) < 4.78 is 1.72. The Morgan fingerprint density at radius 2 is 2.43 bits per heavy atom. The van der Waals surface area contributed by atoms with Crippen LogP contribution in [0.25, 0.3) is 0 Å². The molecular formula is C9H13N3O2. The van der Waals surface area contributed by atoms with Crippen molar-refractivity contribution in [3.8, 4) is 0 Å². The first-order valence-corrected chi connectivity index (χ1v) is 4.87. The molecule has 0 unspecified atom stereocenters. The van der Waals surface area contributed by atoms with Crippen molar-refractivity contribution in [2.75, 3.05) is 0 Å². The van der Waals surface area contributed by atoms with Gasteiger partial charge < -0.3 is 5.11 Å². The van der Waals surface area contributed by atoms with Crippen molar-refractivity contribution in [1.29, 1.82) is 0 Å². The number of carbonyl (C=O) groups is 1. The van der Waals surface area contributed by atoms with E-state index in [0.717, 1.165) is 5.69 Å². The zero-order chi connectivity index (χ0) is 9.97. The third-order valence-corrected chi connectivity index (χ3v) is 2.71. The molecule has 1 saturated carbocycles. The Morgan fingerprint density at radius 1 is 1.64 bits per heavy atom. The molecule has 5 heteroatoms. The number of aromatic nitrogens is 3. The first kappa shape index (κ1) is 9.18. The van der Waals surface area contributed by atoms with Crippen LogP contribution in [0.4, 0.5) is 0 Å². The van der Waals surface area contributed by atoms with Gasteiger partial charge in [0.05, 0.1) is 24.9 Å². The summed E-state index contributed by atoms with van der Waals surface area (Å²) in [6, 6.07) is 0. The number of hydrogen-bond donors (Lipinski definition) is 1. The molecule has 2 rings (SSSR count). The second-order valence-electron chi connectivity index (χ2n) is 3.65. The first-order valence-electron chi connectivity index (χ1n) is 4.87. The number of hydrogen-bond acceptors (Lipinski definition) is 3. The van der Waals surface area contributed by atoms with E-state index in [-0.39, 0.29) is 6.42 Å². The second-order valence-corrected chi connectivity index (χ2v) is 3.65. The van der Waals surface area contributed by atoms with Crippen LogP contribution in [-0.2, 0) is 11.3 Å². The SMILES string of the molecule is O=C(O)CCn1nncc1C1CCC1. The van der Waals surface area contributed by atoms with Crippen molar-refractivity contribution in [3.63, 3.8) is 0 Å². The summed E-state index contributed by atoms with van der Waals surface area (Å²) >= 11 is 0. The van der Waals surface area contributed by atoms with Crippen LogP contribution in [-0.4, -0.2) is 26.1 Å². The van der Waals surface area contributed by atoms with Gasteiger partial charge in [-0.15, -0.1) is 5.10 Å². The van der Waals surface area contributed by atoms with Gasteiger partial charge in [-0.1, -0.05) is 11.6 Å². The van der Waals surface area contributed by atoms with E-state index in [1.54, 1.807) is 10.9 Å². The topological polar surface area (TPSA) is 68.0 Å². The molecular weight excluding hydrogens is 182 g/mol. The van der Waals surface area contributed by atoms with Crippen LogP contribution >= 0.6 is 0 Å². The summed E-state index contributed by atoms with van der Waals surface area (Å²) in [5.74, 6) is -0.237. The molecule has 1 aromatic heterocycles. The van der Waals surface area contributed by atoms with Crippen molar-refractivity contribution in [2.24, 2.45) is 0 Å². The van der Waals surface area contributed by atoms with E-state index in [1.807, 2.05) is 0 Å². The molecule has 0 bridgehead atoms. The van der Waals surface area contributed by atoms with Crippen molar-refractivity contribution in [1.82, 2.24) is 15.0 Å². The van der Waals surface area contributed by atoms with Gasteiger partial charge in [0.2, 0.25) is 0 Å². The molecule has 0 spiro atoms. The molecule has 0 aliphatic heterocycles. The molecule has 5 nitrogen and oxygen atoms in total. The van der Waals surface area contributed by atoms with Crippen LogP contribution in [0.1, 0.15) is 37.3 Å². The van der Waals surface area contributed by atoms with Gasteiger partial charge in [-0.05, 0) is 12.8 Å². The van der Waals surface area contributed by atoms with Crippen molar-refractivity contribution in [2.45, 2.75) is 38.1 Å². The number of nitrogens with zero attached hydrogens (tertiary/aromatic N) is 3. The fourth-order valence-corrected chi connectivity index (χ4v) is 1.66. The molecule has 1 heterocycles. The van der Waals surface area contributed by atoms with Crippen molar-refractivity contribution >= 4 is 5.97 Å². The summed E-state index contributed by atoms with van der Waals surface area (Å²) in [7, 11) is 0. The molecule has 1 aliphatic carbocycles. The highest BCUT2D eigenvalue weighted by atomic mass is 16.4. The van der Waals surface area contributed by atoms with Gasteiger partial charge in [0.25, 0.3) is 0 Å². The summed E-state index contributed by atoms with van der Waals surface area (Å²) in [6.07, 6.45) is 5.49. The standard InChI is InChI=1S/C9H13N3O2/c13-9(14)4-5-12-8(6-10-11-12)7-2-1-3-7/h6-7H,1-5H2,(H,13,14). The zero-order valence-corrected chi connectivity index (χ0v) is 7.89. The second kappa shape index (κ2) is 3.77. The Labute approximate surface area is 81.7 Å². The third-order valence-electron chi connectivity index (χ3n) is 2.71. The maximum Gasteiger partial charge on any atom is 0.305 e. The number of aryl methyl sites for hydroxylation is 1. The average molecular weight is 195 g/mol. The Bertz CT molecular complexity index is 331. The lowest BCUT2D eigenvalue weighted by Crippen LogP contribution is -2.16. The smallest absolute Gasteiger partial charge is 0.305 e. The highest BCUT2D eigenvalue weighted by molar-refractivity contribution is 5.66. The minimum absolute atomic E-state index is 0.114. The van der Waals surface area contributed by atoms with E-state index >= 15 is 0 Å². The van der Waals surface area contributed by atoms with Gasteiger partial charge in [0.15, 0.2) is 0 Å². The molecule has 0 saturated heterocycles. The maximum atomic E-state index is 10.4. The van der Waals surface area contributed by atoms with Crippen LogP contribution in [0, 0.1) is 0 Å². The van der Waals surface area contributed by atoms with E-state index < -0.39 is 5.97 Å².